The summed E-state index contributed by atoms with van der Waals surface area (Å²) in [5, 5.41) is 3.12. The van der Waals surface area contributed by atoms with Crippen LogP contribution in [0.1, 0.15) is 62.6 Å². The smallest absolute Gasteiger partial charge is 0.374 e. The molecule has 244 valence electrons. The molecule has 0 fully saturated rings. The molecule has 1 heterocycles. The summed E-state index contributed by atoms with van der Waals surface area (Å²) in [6, 6.07) is 17.8. The van der Waals surface area contributed by atoms with Gasteiger partial charge in [-0.1, -0.05) is 60.1 Å². The Morgan fingerprint density at radius 2 is 1.59 bits per heavy atom. The number of aryl methyl sites for hydroxylation is 1. The van der Waals surface area contributed by atoms with Crippen molar-refractivity contribution in [2.75, 3.05) is 11.5 Å². The molecule has 0 spiro atoms. The van der Waals surface area contributed by atoms with E-state index in [1.807, 2.05) is 30.3 Å². The van der Waals surface area contributed by atoms with Crippen LogP contribution in [0.2, 0.25) is 5.02 Å². The Kier molecular flexibility index (Phi) is 9.88. The summed E-state index contributed by atoms with van der Waals surface area (Å²) in [6.07, 6.45) is -10.2. The van der Waals surface area contributed by atoms with Crippen molar-refractivity contribution >= 4 is 29.1 Å². The maximum atomic E-state index is 14.2. The van der Waals surface area contributed by atoms with Crippen LogP contribution in [-0.2, 0) is 30.2 Å². The summed E-state index contributed by atoms with van der Waals surface area (Å²) in [5.74, 6) is -1.60. The molecule has 7 nitrogen and oxygen atoms in total. The average Bonchev–Trinajstić information content (AvgIpc) is 3.40. The molecular formula is C32H29ClF6N4O3. The van der Waals surface area contributed by atoms with Crippen LogP contribution >= 0.6 is 11.6 Å². The van der Waals surface area contributed by atoms with Gasteiger partial charge in [-0.2, -0.15) is 31.4 Å². The van der Waals surface area contributed by atoms with Crippen molar-refractivity contribution in [2.24, 2.45) is 5.73 Å². The number of rotatable bonds is 10. The van der Waals surface area contributed by atoms with Gasteiger partial charge in [-0.3, -0.25) is 14.3 Å². The number of anilines is 1. The Labute approximate surface area is 265 Å². The van der Waals surface area contributed by atoms with Crippen LogP contribution in [0.5, 0.6) is 0 Å². The fourth-order valence-electron chi connectivity index (χ4n) is 4.98. The van der Waals surface area contributed by atoms with Crippen molar-refractivity contribution < 1.29 is 40.7 Å². The van der Waals surface area contributed by atoms with Gasteiger partial charge in [-0.15, -0.1) is 0 Å². The van der Waals surface area contributed by atoms with Crippen molar-refractivity contribution in [3.8, 4) is 0 Å². The largest absolute Gasteiger partial charge is 0.435 e. The molecule has 0 aliphatic heterocycles. The molecule has 46 heavy (non-hydrogen) atoms. The summed E-state index contributed by atoms with van der Waals surface area (Å²) in [6.45, 7) is 4.61. The normalized spacial score (nSPS) is 12.3. The predicted octanol–water partition coefficient (Wildman–Crippen LogP) is 7.67. The Hall–Kier alpha value is -4.36. The van der Waals surface area contributed by atoms with Crippen LogP contribution < -0.4 is 10.6 Å². The summed E-state index contributed by atoms with van der Waals surface area (Å²) in [7, 11) is 0. The van der Waals surface area contributed by atoms with Crippen LogP contribution in [-0.4, -0.2) is 33.7 Å². The summed E-state index contributed by atoms with van der Waals surface area (Å²) in [5.41, 5.74) is 2.70. The lowest BCUT2D eigenvalue weighted by atomic mass is 9.96. The minimum Gasteiger partial charge on any atom is -0.374 e. The van der Waals surface area contributed by atoms with Gasteiger partial charge >= 0.3 is 12.4 Å². The maximum Gasteiger partial charge on any atom is 0.435 e. The van der Waals surface area contributed by atoms with E-state index in [0.717, 1.165) is 5.56 Å². The molecule has 0 radical (unpaired) electrons. The van der Waals surface area contributed by atoms with Crippen LogP contribution in [0.3, 0.4) is 0 Å². The van der Waals surface area contributed by atoms with Gasteiger partial charge < -0.3 is 15.4 Å². The van der Waals surface area contributed by atoms with Crippen molar-refractivity contribution in [3.05, 3.63) is 117 Å². The van der Waals surface area contributed by atoms with Crippen LogP contribution in [0.25, 0.3) is 0 Å². The SMILES string of the molecule is Cc1cc(Cn2nc(C(F)(F)F)cc2C(F)(F)F)ccc1N(C(=O)c1cccc(Cl)c1C(N)=O)C(C)(C)COCc1ccccc1. The van der Waals surface area contributed by atoms with E-state index < -0.39 is 47.6 Å². The maximum absolute atomic E-state index is 14.2. The number of hydrogen-bond acceptors (Lipinski definition) is 4. The van der Waals surface area contributed by atoms with Gasteiger partial charge in [0.1, 0.15) is 5.69 Å². The van der Waals surface area contributed by atoms with Crippen molar-refractivity contribution in [1.29, 1.82) is 0 Å². The third kappa shape index (κ3) is 7.71. The lowest BCUT2D eigenvalue weighted by Crippen LogP contribution is -2.52. The Balaban J connectivity index is 1.75. The second-order valence-corrected chi connectivity index (χ2v) is 11.6. The molecule has 3 aromatic carbocycles. The molecule has 4 rings (SSSR count). The zero-order valence-electron chi connectivity index (χ0n) is 24.8. The van der Waals surface area contributed by atoms with Crippen molar-refractivity contribution in [1.82, 2.24) is 9.78 Å². The standard InChI is InChI=1S/C32H29ClF6N4O3/c1-19-14-21(16-42-26(32(37,38)39)15-25(41-42)31(34,35)36)12-13-24(19)43(29(45)22-10-7-11-23(33)27(22)28(40)44)30(2,3)18-46-17-20-8-5-4-6-9-20/h4-15H,16-18H2,1-3H3,(H2,40,44). The van der Waals surface area contributed by atoms with E-state index in [-0.39, 0.29) is 45.7 Å². The lowest BCUT2D eigenvalue weighted by Gasteiger charge is -2.39. The van der Waals surface area contributed by atoms with Crippen LogP contribution in [0.15, 0.2) is 72.8 Å². The number of aromatic nitrogens is 2. The molecule has 2 amide bonds. The molecule has 0 aliphatic rings. The fraction of sp³-hybridized carbons (Fsp3) is 0.281. The van der Waals surface area contributed by atoms with E-state index >= 15 is 0 Å². The van der Waals surface area contributed by atoms with E-state index in [9.17, 15) is 35.9 Å². The highest BCUT2D eigenvalue weighted by atomic mass is 35.5. The zero-order chi connectivity index (χ0) is 34.0. The minimum absolute atomic E-state index is 0.00372. The molecule has 2 N–H and O–H groups in total. The number of primary amides is 1. The van der Waals surface area contributed by atoms with Gasteiger partial charge in [0.05, 0.1) is 41.4 Å². The minimum atomic E-state index is -5.09. The van der Waals surface area contributed by atoms with E-state index in [0.29, 0.717) is 11.3 Å². The predicted molar refractivity (Wildman–Crippen MR) is 159 cm³/mol. The van der Waals surface area contributed by atoms with E-state index in [1.54, 1.807) is 20.8 Å². The number of ether oxygens (including phenoxy) is 1. The number of amides is 2. The van der Waals surface area contributed by atoms with Gasteiger partial charge in [0.15, 0.2) is 5.69 Å². The molecule has 0 bridgehead atoms. The number of carbonyl (C=O) groups excluding carboxylic acids is 2. The fourth-order valence-corrected chi connectivity index (χ4v) is 5.25. The topological polar surface area (TPSA) is 90.5 Å². The number of nitrogens with two attached hydrogens (primary N) is 1. The highest BCUT2D eigenvalue weighted by molar-refractivity contribution is 6.35. The summed E-state index contributed by atoms with van der Waals surface area (Å²) in [4.78, 5) is 27.9. The first-order valence-corrected chi connectivity index (χ1v) is 14.1. The summed E-state index contributed by atoms with van der Waals surface area (Å²) < 4.78 is 86.6. The van der Waals surface area contributed by atoms with Gasteiger partial charge in [0.2, 0.25) is 0 Å². The molecule has 0 aliphatic carbocycles. The second-order valence-electron chi connectivity index (χ2n) is 11.1. The highest BCUT2D eigenvalue weighted by Crippen LogP contribution is 2.36. The van der Waals surface area contributed by atoms with Gasteiger partial charge in [-0.05, 0) is 55.7 Å². The van der Waals surface area contributed by atoms with Crippen molar-refractivity contribution in [2.45, 2.75) is 51.8 Å². The summed E-state index contributed by atoms with van der Waals surface area (Å²) >= 11 is 6.23. The van der Waals surface area contributed by atoms with Gasteiger partial charge in [-0.25, -0.2) is 0 Å². The molecule has 4 aromatic rings. The molecule has 0 saturated heterocycles. The Morgan fingerprint density at radius 1 is 0.913 bits per heavy atom. The number of carbonyl (C=O) groups is 2. The van der Waals surface area contributed by atoms with E-state index in [4.69, 9.17) is 22.1 Å². The zero-order valence-corrected chi connectivity index (χ0v) is 25.6. The average molecular weight is 667 g/mol. The van der Waals surface area contributed by atoms with Crippen LogP contribution in [0.4, 0.5) is 32.0 Å². The molecule has 14 heteroatoms. The monoisotopic (exact) mass is 666 g/mol. The number of halogens is 7. The van der Waals surface area contributed by atoms with E-state index in [1.165, 1.54) is 41.3 Å². The number of nitrogens with zero attached hydrogens (tertiary/aromatic N) is 3. The Bertz CT molecular complexity index is 1740. The lowest BCUT2D eigenvalue weighted by molar-refractivity contribution is -0.144. The number of hydrogen-bond donors (Lipinski definition) is 1. The first kappa shape index (κ1) is 34.5. The number of benzene rings is 3. The quantitative estimate of drug-likeness (QED) is 0.176. The molecule has 0 unspecified atom stereocenters. The number of alkyl halides is 6. The van der Waals surface area contributed by atoms with E-state index in [2.05, 4.69) is 5.10 Å². The second kappa shape index (κ2) is 13.2. The Morgan fingerprint density at radius 3 is 2.17 bits per heavy atom. The first-order chi connectivity index (χ1) is 21.4. The molecular weight excluding hydrogens is 638 g/mol. The van der Waals surface area contributed by atoms with Gasteiger partial charge in [0, 0.05) is 11.8 Å². The third-order valence-corrected chi connectivity index (χ3v) is 7.38. The van der Waals surface area contributed by atoms with Crippen molar-refractivity contribution in [3.63, 3.8) is 0 Å². The highest BCUT2D eigenvalue weighted by Gasteiger charge is 2.42. The van der Waals surface area contributed by atoms with Crippen LogP contribution in [0, 0.1) is 6.92 Å². The first-order valence-electron chi connectivity index (χ1n) is 13.8. The van der Waals surface area contributed by atoms with Gasteiger partial charge in [0.25, 0.3) is 11.8 Å². The third-order valence-electron chi connectivity index (χ3n) is 7.06. The molecule has 1 aromatic heterocycles. The molecule has 0 saturated carbocycles. The molecule has 0 atom stereocenters.